The molecule has 0 radical (unpaired) electrons. The van der Waals surface area contributed by atoms with Gasteiger partial charge in [-0.3, -0.25) is 19.8 Å². The molecular formula is C20H23ClN4O3S2. The predicted molar refractivity (Wildman–Crippen MR) is 127 cm³/mol. The number of benzene rings is 1. The first kappa shape index (κ1) is 23.9. The Morgan fingerprint density at radius 2 is 1.97 bits per heavy atom. The third kappa shape index (κ3) is 5.85. The summed E-state index contributed by atoms with van der Waals surface area (Å²) >= 11 is 2.54. The second kappa shape index (κ2) is 10.6. The second-order valence-electron chi connectivity index (χ2n) is 6.71. The van der Waals surface area contributed by atoms with E-state index in [2.05, 4.69) is 24.0 Å². The quantitative estimate of drug-likeness (QED) is 0.269. The molecule has 0 saturated heterocycles. The lowest BCUT2D eigenvalue weighted by molar-refractivity contribution is -0.380. The molecule has 1 aromatic carbocycles. The number of fused-ring (bicyclic) bond motifs is 1. The van der Waals surface area contributed by atoms with Crippen LogP contribution in [-0.2, 0) is 11.2 Å². The van der Waals surface area contributed by atoms with E-state index in [0.29, 0.717) is 23.1 Å². The maximum absolute atomic E-state index is 12.9. The van der Waals surface area contributed by atoms with Crippen LogP contribution in [-0.4, -0.2) is 47.9 Å². The van der Waals surface area contributed by atoms with Gasteiger partial charge in [0.1, 0.15) is 0 Å². The van der Waals surface area contributed by atoms with Gasteiger partial charge in [0, 0.05) is 30.1 Å². The summed E-state index contributed by atoms with van der Waals surface area (Å²) in [7, 11) is 3.91. The molecule has 0 saturated carbocycles. The predicted octanol–water partition coefficient (Wildman–Crippen LogP) is 4.86. The van der Waals surface area contributed by atoms with Crippen LogP contribution in [0.1, 0.15) is 17.4 Å². The van der Waals surface area contributed by atoms with Gasteiger partial charge in [-0.25, -0.2) is 4.98 Å². The Balaban J connectivity index is 0.00000320. The van der Waals surface area contributed by atoms with E-state index in [9.17, 15) is 14.9 Å². The van der Waals surface area contributed by atoms with Crippen molar-refractivity contribution in [3.05, 3.63) is 57.0 Å². The number of thiophene rings is 1. The second-order valence-corrected chi connectivity index (χ2v) is 8.81. The van der Waals surface area contributed by atoms with Crippen LogP contribution >= 0.6 is 35.1 Å². The molecule has 0 N–H and O–H groups in total. The van der Waals surface area contributed by atoms with E-state index < -0.39 is 4.92 Å². The summed E-state index contributed by atoms with van der Waals surface area (Å²) in [6, 6.07) is 9.24. The molecule has 0 fully saturated rings. The van der Waals surface area contributed by atoms with Crippen molar-refractivity contribution in [1.82, 2.24) is 9.88 Å². The maximum Gasteiger partial charge on any atom is 0.324 e. The van der Waals surface area contributed by atoms with E-state index in [4.69, 9.17) is 0 Å². The average molecular weight is 467 g/mol. The Kier molecular flexibility index (Phi) is 8.48. The number of nitro groups is 1. The van der Waals surface area contributed by atoms with Gasteiger partial charge in [0.05, 0.1) is 15.1 Å². The van der Waals surface area contributed by atoms with Crippen LogP contribution in [0.4, 0.5) is 10.1 Å². The van der Waals surface area contributed by atoms with Crippen molar-refractivity contribution in [1.29, 1.82) is 0 Å². The van der Waals surface area contributed by atoms with E-state index >= 15 is 0 Å². The summed E-state index contributed by atoms with van der Waals surface area (Å²) in [5.41, 5.74) is 2.11. The van der Waals surface area contributed by atoms with Crippen molar-refractivity contribution in [2.75, 3.05) is 32.1 Å². The van der Waals surface area contributed by atoms with Gasteiger partial charge in [-0.05, 0) is 50.4 Å². The first-order valence-corrected chi connectivity index (χ1v) is 10.8. The molecule has 0 spiro atoms. The van der Waals surface area contributed by atoms with Crippen molar-refractivity contribution in [2.24, 2.45) is 0 Å². The number of carbonyl (C=O) groups excluding carboxylic acids is 1. The van der Waals surface area contributed by atoms with Crippen LogP contribution in [0.2, 0.25) is 0 Å². The van der Waals surface area contributed by atoms with E-state index in [1.54, 1.807) is 17.0 Å². The minimum absolute atomic E-state index is 0. The first-order valence-electron chi connectivity index (χ1n) is 9.15. The van der Waals surface area contributed by atoms with Crippen molar-refractivity contribution in [3.8, 4) is 0 Å². The van der Waals surface area contributed by atoms with Gasteiger partial charge >= 0.3 is 5.00 Å². The van der Waals surface area contributed by atoms with Crippen LogP contribution in [0, 0.1) is 10.1 Å². The number of hydrogen-bond donors (Lipinski definition) is 0. The molecule has 0 unspecified atom stereocenters. The molecule has 0 aliphatic heterocycles. The Labute approximate surface area is 189 Å². The molecule has 10 heteroatoms. The van der Waals surface area contributed by atoms with Gasteiger partial charge in [-0.15, -0.1) is 12.4 Å². The molecule has 0 aliphatic rings. The van der Waals surface area contributed by atoms with Crippen LogP contribution in [0.15, 0.2) is 36.4 Å². The summed E-state index contributed by atoms with van der Waals surface area (Å²) in [6.45, 7) is 3.30. The van der Waals surface area contributed by atoms with E-state index in [0.717, 1.165) is 28.0 Å². The summed E-state index contributed by atoms with van der Waals surface area (Å²) in [5, 5.41) is 11.5. The monoisotopic (exact) mass is 466 g/mol. The summed E-state index contributed by atoms with van der Waals surface area (Å²) in [6.07, 6.45) is 4.02. The van der Waals surface area contributed by atoms with Crippen LogP contribution in [0.3, 0.4) is 0 Å². The van der Waals surface area contributed by atoms with Gasteiger partial charge in [-0.1, -0.05) is 35.7 Å². The van der Waals surface area contributed by atoms with Gasteiger partial charge in [0.2, 0.25) is 0 Å². The smallest absolute Gasteiger partial charge is 0.308 e. The highest BCUT2D eigenvalue weighted by atomic mass is 35.5. The van der Waals surface area contributed by atoms with Gasteiger partial charge in [0.25, 0.3) is 5.91 Å². The summed E-state index contributed by atoms with van der Waals surface area (Å²) in [4.78, 5) is 32.3. The van der Waals surface area contributed by atoms with Crippen molar-refractivity contribution < 1.29 is 9.72 Å². The molecule has 3 rings (SSSR count). The zero-order valence-electron chi connectivity index (χ0n) is 16.9. The molecule has 0 bridgehead atoms. The number of thiazole rings is 1. The molecule has 0 atom stereocenters. The number of aromatic nitrogens is 1. The minimum atomic E-state index is -0.432. The number of amides is 1. The van der Waals surface area contributed by atoms with E-state index in [1.807, 2.05) is 25.1 Å². The number of likely N-dealkylation sites (N-methyl/N-ethyl adjacent to an activating group) is 1. The number of anilines is 1. The fourth-order valence-corrected chi connectivity index (χ4v) is 4.45. The fraction of sp³-hybridized carbons (Fsp3) is 0.300. The van der Waals surface area contributed by atoms with Crippen LogP contribution < -0.4 is 4.90 Å². The third-order valence-electron chi connectivity index (χ3n) is 4.30. The average Bonchev–Trinajstić information content (AvgIpc) is 3.32. The topological polar surface area (TPSA) is 79.6 Å². The molecule has 3 aromatic rings. The van der Waals surface area contributed by atoms with Crippen molar-refractivity contribution in [3.63, 3.8) is 0 Å². The Bertz CT molecular complexity index is 1060. The zero-order valence-corrected chi connectivity index (χ0v) is 19.4. The van der Waals surface area contributed by atoms with Gasteiger partial charge < -0.3 is 4.90 Å². The van der Waals surface area contributed by atoms with Crippen LogP contribution in [0.5, 0.6) is 0 Å². The van der Waals surface area contributed by atoms with E-state index in [1.165, 1.54) is 29.0 Å². The zero-order chi connectivity index (χ0) is 21.0. The first-order chi connectivity index (χ1) is 13.9. The lowest BCUT2D eigenvalue weighted by atomic mass is 10.2. The largest absolute Gasteiger partial charge is 0.324 e. The summed E-state index contributed by atoms with van der Waals surface area (Å²) < 4.78 is 1.06. The highest BCUT2D eigenvalue weighted by Crippen LogP contribution is 2.30. The normalized spacial score (nSPS) is 11.2. The molecule has 160 valence electrons. The lowest BCUT2D eigenvalue weighted by Gasteiger charge is -2.20. The summed E-state index contributed by atoms with van der Waals surface area (Å²) in [5.74, 6) is -0.197. The highest BCUT2D eigenvalue weighted by molar-refractivity contribution is 7.22. The standard InChI is InChI=1S/C20H22N4O3S2.ClH/c1-4-14-5-8-16-17(13-14)29-20(21-16)23(12-11-22(2)3)18(25)9-6-15-7-10-19(28-15)24(26)27;/h5-10,13H,4,11-12H2,1-3H3;1H. The SMILES string of the molecule is CCc1ccc2nc(N(CCN(C)C)C(=O)C=Cc3ccc([N+](=O)[O-])s3)sc2c1.Cl. The molecule has 2 heterocycles. The molecular weight excluding hydrogens is 444 g/mol. The molecule has 2 aromatic heterocycles. The lowest BCUT2D eigenvalue weighted by Crippen LogP contribution is -2.35. The van der Waals surface area contributed by atoms with Crippen LogP contribution in [0.25, 0.3) is 16.3 Å². The third-order valence-corrected chi connectivity index (χ3v) is 6.34. The molecule has 0 aliphatic carbocycles. The van der Waals surface area contributed by atoms with Crippen molar-refractivity contribution in [2.45, 2.75) is 13.3 Å². The molecule has 30 heavy (non-hydrogen) atoms. The maximum atomic E-state index is 12.9. The van der Waals surface area contributed by atoms with Gasteiger partial charge in [-0.2, -0.15) is 0 Å². The number of halogens is 1. The molecule has 7 nitrogen and oxygen atoms in total. The number of aryl methyl sites for hydroxylation is 1. The van der Waals surface area contributed by atoms with Gasteiger partial charge in [0.15, 0.2) is 5.13 Å². The number of rotatable bonds is 8. The number of carbonyl (C=O) groups is 1. The highest BCUT2D eigenvalue weighted by Gasteiger charge is 2.18. The molecule has 1 amide bonds. The fourth-order valence-electron chi connectivity index (χ4n) is 2.67. The number of nitrogens with zero attached hydrogens (tertiary/aromatic N) is 4. The Morgan fingerprint density at radius 1 is 1.20 bits per heavy atom. The number of hydrogen-bond acceptors (Lipinski definition) is 7. The van der Waals surface area contributed by atoms with E-state index in [-0.39, 0.29) is 23.3 Å². The Morgan fingerprint density at radius 3 is 2.60 bits per heavy atom. The van der Waals surface area contributed by atoms with Crippen molar-refractivity contribution >= 4 is 67.4 Å². The minimum Gasteiger partial charge on any atom is -0.308 e. The Hall–Kier alpha value is -2.33.